The Morgan fingerprint density at radius 2 is 0.594 bits per heavy atom. The quantitative estimate of drug-likeness (QED) is 0.122. The van der Waals surface area contributed by atoms with Gasteiger partial charge in [0.1, 0.15) is 0 Å². The van der Waals surface area contributed by atoms with Crippen molar-refractivity contribution in [3.8, 4) is 0 Å². The maximum Gasteiger partial charge on any atom is 0.0547 e. The summed E-state index contributed by atoms with van der Waals surface area (Å²) in [5, 5.41) is 18.1. The van der Waals surface area contributed by atoms with Gasteiger partial charge in [-0.15, -0.1) is 0 Å². The first-order valence-corrected chi connectivity index (χ1v) is 22.7. The molecule has 12 aromatic rings. The van der Waals surface area contributed by atoms with Gasteiger partial charge in [-0.3, -0.25) is 0 Å². The Labute approximate surface area is 375 Å². The second-order valence-corrected chi connectivity index (χ2v) is 19.7. The number of anilines is 6. The van der Waals surface area contributed by atoms with Crippen LogP contribution in [0.25, 0.3) is 75.4 Å². The summed E-state index contributed by atoms with van der Waals surface area (Å²) in [6.45, 7) is 14.4. The van der Waals surface area contributed by atoms with Crippen LogP contribution in [0.5, 0.6) is 0 Å². The van der Waals surface area contributed by atoms with Crippen molar-refractivity contribution < 1.29 is 0 Å². The van der Waals surface area contributed by atoms with Crippen molar-refractivity contribution in [3.63, 3.8) is 0 Å². The van der Waals surface area contributed by atoms with Gasteiger partial charge in [0.05, 0.1) is 22.7 Å². The Morgan fingerprint density at radius 1 is 0.266 bits per heavy atom. The minimum atomic E-state index is -0.196. The summed E-state index contributed by atoms with van der Waals surface area (Å²) in [5.74, 6) is 0. The number of hydrogen-bond acceptors (Lipinski definition) is 2. The third kappa shape index (κ3) is 5.65. The van der Waals surface area contributed by atoms with Crippen molar-refractivity contribution in [2.75, 3.05) is 9.80 Å². The Morgan fingerprint density at radius 3 is 1.00 bits per heavy atom. The lowest BCUT2D eigenvalue weighted by Crippen LogP contribution is -2.18. The highest BCUT2D eigenvalue weighted by atomic mass is 15.2. The van der Waals surface area contributed by atoms with Crippen LogP contribution < -0.4 is 9.80 Å². The van der Waals surface area contributed by atoms with Gasteiger partial charge in [-0.1, -0.05) is 187 Å². The monoisotopic (exact) mass is 822 g/mol. The fourth-order valence-corrected chi connectivity index (χ4v) is 11.3. The molecule has 0 unspecified atom stereocenters. The molecule has 0 fully saturated rings. The Hall–Kier alpha value is -7.42. The van der Waals surface area contributed by atoms with Crippen molar-refractivity contribution in [3.05, 3.63) is 205 Å². The molecular weight excluding hydrogens is 773 g/mol. The molecule has 2 heteroatoms. The molecule has 0 radical (unpaired) electrons. The topological polar surface area (TPSA) is 6.48 Å². The molecule has 0 N–H and O–H groups in total. The number of nitrogens with zero attached hydrogens (tertiary/aromatic N) is 2. The van der Waals surface area contributed by atoms with Crippen LogP contribution in [-0.4, -0.2) is 0 Å². The lowest BCUT2D eigenvalue weighted by molar-refractivity contribution is 0.600. The zero-order valence-corrected chi connectivity index (χ0v) is 37.4. The van der Waals surface area contributed by atoms with Crippen LogP contribution in [0, 0.1) is 0 Å². The second kappa shape index (κ2) is 14.0. The minimum Gasteiger partial charge on any atom is -0.309 e. The van der Waals surface area contributed by atoms with E-state index in [2.05, 4.69) is 245 Å². The van der Waals surface area contributed by atoms with E-state index in [-0.39, 0.29) is 10.8 Å². The zero-order valence-electron chi connectivity index (χ0n) is 37.4. The molecule has 0 saturated carbocycles. The lowest BCUT2D eigenvalue weighted by Gasteiger charge is -2.35. The van der Waals surface area contributed by atoms with Crippen molar-refractivity contribution in [2.24, 2.45) is 0 Å². The van der Waals surface area contributed by atoms with Crippen molar-refractivity contribution >= 4 is 110 Å². The highest BCUT2D eigenvalue weighted by Gasteiger charge is 2.33. The molecular formula is C62H50N2. The highest BCUT2D eigenvalue weighted by Crippen LogP contribution is 2.57. The second-order valence-electron chi connectivity index (χ2n) is 19.7. The summed E-state index contributed by atoms with van der Waals surface area (Å²) in [6.07, 6.45) is 0. The molecule has 0 saturated heterocycles. The third-order valence-electron chi connectivity index (χ3n) is 13.6. The molecule has 0 amide bonds. The van der Waals surface area contributed by atoms with Crippen LogP contribution in [0.4, 0.5) is 34.1 Å². The molecule has 0 aliphatic carbocycles. The molecule has 308 valence electrons. The molecule has 12 rings (SSSR count). The molecule has 64 heavy (non-hydrogen) atoms. The SMILES string of the molecule is CC(C)(C)c1c2cccc3c(N(c4ccccc4)c4cccc5ccccc45)cc4c(C(C)(C)C)c5cccc6c(N(c7ccccc7)c7cccc8ccccc78)cc1c(c65)c4c32. The maximum absolute atomic E-state index is 2.55. The normalized spacial score (nSPS) is 12.5. The summed E-state index contributed by atoms with van der Waals surface area (Å²) in [4.78, 5) is 5.05. The van der Waals surface area contributed by atoms with E-state index in [9.17, 15) is 0 Å². The highest BCUT2D eigenvalue weighted by molar-refractivity contribution is 6.41. The Balaban J connectivity index is 1.30. The predicted octanol–water partition coefficient (Wildman–Crippen LogP) is 18.2. The Kier molecular flexibility index (Phi) is 8.40. The number of hydrogen-bond donors (Lipinski definition) is 0. The van der Waals surface area contributed by atoms with Crippen molar-refractivity contribution in [1.82, 2.24) is 0 Å². The molecule has 0 spiro atoms. The van der Waals surface area contributed by atoms with E-state index < -0.39 is 0 Å². The first-order chi connectivity index (χ1) is 31.1. The lowest BCUT2D eigenvalue weighted by atomic mass is 9.72. The van der Waals surface area contributed by atoms with Crippen LogP contribution in [0.15, 0.2) is 194 Å². The first kappa shape index (κ1) is 38.3. The van der Waals surface area contributed by atoms with Gasteiger partial charge in [0.2, 0.25) is 0 Å². The maximum atomic E-state index is 2.55. The number of fused-ring (bicyclic) bond motifs is 2. The van der Waals surface area contributed by atoms with Gasteiger partial charge < -0.3 is 9.80 Å². The number of para-hydroxylation sites is 2. The van der Waals surface area contributed by atoms with Gasteiger partial charge in [0.25, 0.3) is 0 Å². The van der Waals surface area contributed by atoms with E-state index in [1.165, 1.54) is 109 Å². The number of rotatable bonds is 6. The zero-order chi connectivity index (χ0) is 43.5. The van der Waals surface area contributed by atoms with E-state index in [4.69, 9.17) is 0 Å². The van der Waals surface area contributed by atoms with E-state index in [1.54, 1.807) is 0 Å². The molecule has 12 aromatic carbocycles. The van der Waals surface area contributed by atoms with Crippen LogP contribution in [-0.2, 0) is 10.8 Å². The van der Waals surface area contributed by atoms with E-state index in [1.807, 2.05) is 0 Å². The summed E-state index contributed by atoms with van der Waals surface area (Å²) >= 11 is 0. The van der Waals surface area contributed by atoms with Crippen LogP contribution in [0.1, 0.15) is 52.7 Å². The van der Waals surface area contributed by atoms with Crippen molar-refractivity contribution in [1.29, 1.82) is 0 Å². The fraction of sp³-hybridized carbons (Fsp3) is 0.129. The van der Waals surface area contributed by atoms with Gasteiger partial charge >= 0.3 is 0 Å². The molecule has 0 atom stereocenters. The average molecular weight is 823 g/mol. The summed E-state index contributed by atoms with van der Waals surface area (Å²) < 4.78 is 0. The van der Waals surface area contributed by atoms with Crippen LogP contribution in [0.3, 0.4) is 0 Å². The molecule has 2 nitrogen and oxygen atoms in total. The van der Waals surface area contributed by atoms with E-state index in [0.29, 0.717) is 0 Å². The van der Waals surface area contributed by atoms with Gasteiger partial charge in [0.15, 0.2) is 0 Å². The molecule has 0 aromatic heterocycles. The molecule has 0 heterocycles. The van der Waals surface area contributed by atoms with Gasteiger partial charge in [-0.2, -0.15) is 0 Å². The summed E-state index contributed by atoms with van der Waals surface area (Å²) in [5.41, 5.74) is 9.36. The standard InChI is InChI=1S/C62H50N2/c1-61(2,3)59-47-33-19-31-45-54(64(42-27-11-8-12-28-42)52-36-18-24-40-22-14-16-30-44(40)52)38-50-58(55(45)47)57-49(59)37-53(46-32-20-34-48(56(46)57)60(50)62(4,5)6)63(41-25-9-7-10-26-41)51-35-17-23-39-21-13-15-29-43(39)51/h7-38H,1-6H3. The van der Waals surface area contributed by atoms with Crippen LogP contribution in [0.2, 0.25) is 0 Å². The fourth-order valence-electron chi connectivity index (χ4n) is 11.3. The van der Waals surface area contributed by atoms with E-state index >= 15 is 0 Å². The molecule has 0 aliphatic heterocycles. The Bertz CT molecular complexity index is 3480. The van der Waals surface area contributed by atoms with Gasteiger partial charge in [-0.05, 0) is 124 Å². The van der Waals surface area contributed by atoms with Gasteiger partial charge in [0, 0.05) is 32.9 Å². The first-order valence-electron chi connectivity index (χ1n) is 22.7. The van der Waals surface area contributed by atoms with Crippen LogP contribution >= 0.6 is 0 Å². The van der Waals surface area contributed by atoms with Crippen molar-refractivity contribution in [2.45, 2.75) is 52.4 Å². The average Bonchev–Trinajstić information content (AvgIpc) is 3.30. The predicted molar refractivity (Wildman–Crippen MR) is 278 cm³/mol. The molecule has 0 aliphatic rings. The number of benzene rings is 12. The minimum absolute atomic E-state index is 0.196. The van der Waals surface area contributed by atoms with E-state index in [0.717, 1.165) is 11.4 Å². The summed E-state index contributed by atoms with van der Waals surface area (Å²) in [6, 6.07) is 72.3. The smallest absolute Gasteiger partial charge is 0.0547 e. The molecule has 0 bridgehead atoms. The summed E-state index contributed by atoms with van der Waals surface area (Å²) in [7, 11) is 0. The largest absolute Gasteiger partial charge is 0.309 e. The third-order valence-corrected chi connectivity index (χ3v) is 13.6. The van der Waals surface area contributed by atoms with Gasteiger partial charge in [-0.25, -0.2) is 0 Å².